The molecule has 1 unspecified atom stereocenters. The molecule has 1 aliphatic heterocycles. The summed E-state index contributed by atoms with van der Waals surface area (Å²) in [6.07, 6.45) is 7.71. The molecule has 5 fully saturated rings. The Labute approximate surface area is 333 Å². The van der Waals surface area contributed by atoms with Gasteiger partial charge < -0.3 is 19.5 Å². The standard InChI is InChI=1S/C46H64ClNO7/c1-27(2)38-31(49)22-46(35-25-48(36(50)26-54-35)24-28-10-12-29(47)13-11-28)21-20-44(8)30(39(38)46)14-15-33-43(7)18-17-34(55-37(51)23-41(3,4)40(52)53)42(5,6)32(43)16-19-45(33,44)9/h10-13,27,30,32-35H,14-26H2,1-9H3,(H,52,53)/t30-,32+,33-,34+,35-,43+,44-,45-,46?/m1/s1. The van der Waals surface area contributed by atoms with Crippen LogP contribution < -0.4 is 0 Å². The monoisotopic (exact) mass is 777 g/mol. The summed E-state index contributed by atoms with van der Waals surface area (Å²) < 4.78 is 12.7. The molecule has 1 N–H and O–H groups in total. The Hall–Kier alpha value is -2.71. The van der Waals surface area contributed by atoms with E-state index in [2.05, 4.69) is 48.5 Å². The van der Waals surface area contributed by atoms with Crippen LogP contribution in [-0.2, 0) is 35.2 Å². The average Bonchev–Trinajstić information content (AvgIpc) is 3.41. The molecule has 9 atom stereocenters. The minimum absolute atomic E-state index is 0.0169. The third-order valence-electron chi connectivity index (χ3n) is 16.9. The number of allylic oxidation sites excluding steroid dienone is 1. The van der Waals surface area contributed by atoms with Crippen molar-refractivity contribution in [2.75, 3.05) is 13.2 Å². The number of Topliss-reactive ketones (excluding diaryl/α,β-unsaturated/α-hetero) is 1. The Balaban J connectivity index is 1.17. The van der Waals surface area contributed by atoms with Gasteiger partial charge in [-0.2, -0.15) is 0 Å². The number of carbonyl (C=O) groups excluding carboxylic acids is 3. The van der Waals surface area contributed by atoms with Crippen LogP contribution in [0.1, 0.15) is 132 Å². The minimum Gasteiger partial charge on any atom is -0.481 e. The summed E-state index contributed by atoms with van der Waals surface area (Å²) in [5.74, 6) is 0.0480. The number of ether oxygens (including phenoxy) is 2. The molecule has 6 aliphatic rings. The number of hydrogen-bond acceptors (Lipinski definition) is 6. The van der Waals surface area contributed by atoms with Gasteiger partial charge in [-0.1, -0.05) is 77.8 Å². The van der Waals surface area contributed by atoms with Crippen LogP contribution in [0.4, 0.5) is 0 Å². The molecule has 1 heterocycles. The molecular formula is C46H64ClNO7. The maximum absolute atomic E-state index is 14.3. The van der Waals surface area contributed by atoms with Crippen molar-refractivity contribution in [2.45, 2.75) is 145 Å². The Bertz CT molecular complexity index is 1780. The van der Waals surface area contributed by atoms with Crippen molar-refractivity contribution in [1.29, 1.82) is 0 Å². The second kappa shape index (κ2) is 13.7. The van der Waals surface area contributed by atoms with Gasteiger partial charge in [-0.15, -0.1) is 0 Å². The number of aliphatic carboxylic acids is 1. The number of amides is 1. The molecule has 8 nitrogen and oxygen atoms in total. The van der Waals surface area contributed by atoms with Crippen LogP contribution in [0.5, 0.6) is 0 Å². The first kappa shape index (κ1) is 40.5. The normalized spacial score (nSPS) is 38.6. The lowest BCUT2D eigenvalue weighted by Crippen LogP contribution is -2.66. The summed E-state index contributed by atoms with van der Waals surface area (Å²) in [7, 11) is 0. The number of carbonyl (C=O) groups is 4. The van der Waals surface area contributed by atoms with E-state index in [0.717, 1.165) is 62.5 Å². The molecule has 0 spiro atoms. The summed E-state index contributed by atoms with van der Waals surface area (Å²) >= 11 is 6.17. The number of carboxylic acid groups (broad SMARTS) is 1. The molecule has 1 aromatic rings. The highest BCUT2D eigenvalue weighted by atomic mass is 35.5. The van der Waals surface area contributed by atoms with Crippen molar-refractivity contribution in [2.24, 2.45) is 56.2 Å². The lowest BCUT2D eigenvalue weighted by atomic mass is 9.33. The summed E-state index contributed by atoms with van der Waals surface area (Å²) in [6.45, 7) is 20.7. The molecular weight excluding hydrogens is 714 g/mol. The third kappa shape index (κ3) is 6.24. The van der Waals surface area contributed by atoms with E-state index in [0.29, 0.717) is 36.4 Å². The molecule has 5 aliphatic carbocycles. The number of ketones is 1. The van der Waals surface area contributed by atoms with Gasteiger partial charge in [0.15, 0.2) is 5.78 Å². The van der Waals surface area contributed by atoms with Gasteiger partial charge in [0.25, 0.3) is 0 Å². The quantitative estimate of drug-likeness (QED) is 0.262. The lowest BCUT2D eigenvalue weighted by Gasteiger charge is -2.72. The zero-order chi connectivity index (χ0) is 40.1. The number of rotatable bonds is 8. The Kier molecular flexibility index (Phi) is 10.1. The van der Waals surface area contributed by atoms with Crippen molar-refractivity contribution < 1.29 is 33.8 Å². The number of hydrogen-bond donors (Lipinski definition) is 1. The maximum Gasteiger partial charge on any atom is 0.309 e. The van der Waals surface area contributed by atoms with E-state index in [-0.39, 0.29) is 70.4 Å². The lowest BCUT2D eigenvalue weighted by molar-refractivity contribution is -0.236. The molecule has 7 rings (SSSR count). The van der Waals surface area contributed by atoms with Gasteiger partial charge in [0.2, 0.25) is 5.91 Å². The van der Waals surface area contributed by atoms with Crippen LogP contribution in [0.2, 0.25) is 5.02 Å². The number of nitrogens with zero attached hydrogens (tertiary/aromatic N) is 1. The maximum atomic E-state index is 14.3. The summed E-state index contributed by atoms with van der Waals surface area (Å²) in [5.41, 5.74) is 1.66. The molecule has 1 aromatic carbocycles. The highest BCUT2D eigenvalue weighted by Gasteiger charge is 2.71. The highest BCUT2D eigenvalue weighted by Crippen LogP contribution is 2.77. The van der Waals surface area contributed by atoms with Crippen molar-refractivity contribution >= 4 is 35.2 Å². The van der Waals surface area contributed by atoms with E-state index in [1.165, 1.54) is 5.57 Å². The molecule has 302 valence electrons. The minimum atomic E-state index is -1.17. The summed E-state index contributed by atoms with van der Waals surface area (Å²) in [5, 5.41) is 10.3. The van der Waals surface area contributed by atoms with Crippen LogP contribution in [0.3, 0.4) is 0 Å². The van der Waals surface area contributed by atoms with Crippen LogP contribution >= 0.6 is 11.6 Å². The van der Waals surface area contributed by atoms with Gasteiger partial charge in [-0.05, 0) is 128 Å². The second-order valence-electron chi connectivity index (χ2n) is 20.8. The highest BCUT2D eigenvalue weighted by molar-refractivity contribution is 6.30. The second-order valence-corrected chi connectivity index (χ2v) is 21.2. The first-order valence-corrected chi connectivity index (χ1v) is 21.3. The van der Waals surface area contributed by atoms with Gasteiger partial charge in [0.05, 0.1) is 17.9 Å². The van der Waals surface area contributed by atoms with Crippen molar-refractivity contribution in [3.63, 3.8) is 0 Å². The molecule has 0 bridgehead atoms. The van der Waals surface area contributed by atoms with E-state index in [1.807, 2.05) is 29.2 Å². The topological polar surface area (TPSA) is 110 Å². The number of fused-ring (bicyclic) bond motifs is 7. The molecule has 1 amide bonds. The largest absolute Gasteiger partial charge is 0.481 e. The van der Waals surface area contributed by atoms with Crippen LogP contribution in [-0.4, -0.2) is 59.0 Å². The van der Waals surface area contributed by atoms with E-state index in [1.54, 1.807) is 13.8 Å². The summed E-state index contributed by atoms with van der Waals surface area (Å²) in [6, 6.07) is 7.68. The van der Waals surface area contributed by atoms with Crippen molar-refractivity contribution in [3.8, 4) is 0 Å². The van der Waals surface area contributed by atoms with E-state index in [4.69, 9.17) is 21.1 Å². The first-order valence-electron chi connectivity index (χ1n) is 21.0. The fourth-order valence-corrected chi connectivity index (χ4v) is 13.9. The van der Waals surface area contributed by atoms with Gasteiger partial charge in [-0.3, -0.25) is 19.2 Å². The zero-order valence-corrected chi connectivity index (χ0v) is 35.4. The first-order chi connectivity index (χ1) is 25.6. The Morgan fingerprint density at radius 3 is 2.29 bits per heavy atom. The number of halogens is 1. The fourth-order valence-electron chi connectivity index (χ4n) is 13.8. The van der Waals surface area contributed by atoms with Crippen LogP contribution in [0, 0.1) is 56.2 Å². The Morgan fingerprint density at radius 1 is 0.945 bits per heavy atom. The Morgan fingerprint density at radius 2 is 1.64 bits per heavy atom. The van der Waals surface area contributed by atoms with Gasteiger partial charge in [0, 0.05) is 35.4 Å². The van der Waals surface area contributed by atoms with Crippen molar-refractivity contribution in [3.05, 3.63) is 46.0 Å². The number of morpholine rings is 1. The van der Waals surface area contributed by atoms with E-state index >= 15 is 0 Å². The average molecular weight is 778 g/mol. The van der Waals surface area contributed by atoms with Gasteiger partial charge in [0.1, 0.15) is 12.7 Å². The molecule has 55 heavy (non-hydrogen) atoms. The molecule has 9 heteroatoms. The molecule has 4 saturated carbocycles. The predicted molar refractivity (Wildman–Crippen MR) is 212 cm³/mol. The number of benzene rings is 1. The van der Waals surface area contributed by atoms with E-state index in [9.17, 15) is 24.3 Å². The van der Waals surface area contributed by atoms with Crippen molar-refractivity contribution in [1.82, 2.24) is 4.90 Å². The number of carboxylic acids is 1. The van der Waals surface area contributed by atoms with Crippen LogP contribution in [0.25, 0.3) is 0 Å². The van der Waals surface area contributed by atoms with Crippen LogP contribution in [0.15, 0.2) is 35.4 Å². The van der Waals surface area contributed by atoms with E-state index < -0.39 is 22.8 Å². The van der Waals surface area contributed by atoms with Gasteiger partial charge in [-0.25, -0.2) is 0 Å². The predicted octanol–water partition coefficient (Wildman–Crippen LogP) is 9.46. The zero-order valence-electron chi connectivity index (χ0n) is 34.7. The molecule has 0 aromatic heterocycles. The smallest absolute Gasteiger partial charge is 0.309 e. The fraction of sp³-hybridized carbons (Fsp3) is 0.739. The summed E-state index contributed by atoms with van der Waals surface area (Å²) in [4.78, 5) is 54.4. The molecule has 1 saturated heterocycles. The van der Waals surface area contributed by atoms with Gasteiger partial charge >= 0.3 is 11.9 Å². The molecule has 0 radical (unpaired) electrons. The number of esters is 1. The SMILES string of the molecule is CC(C)C1=C2[C@H]3CC[C@@H]4[C@@]5(C)CC[C@H](OC(=O)CC(C)(C)C(=O)O)C(C)(C)[C@@H]5CC[C@@]4(C)[C@]3(C)CCC2([C@H]2CN(Cc3ccc(Cl)cc3)C(=O)CO2)CC1=O. The third-order valence-corrected chi connectivity index (χ3v) is 17.2.